The minimum Gasteiger partial charge on any atom is -0.315 e. The van der Waals surface area contributed by atoms with E-state index in [2.05, 4.69) is 19.6 Å². The van der Waals surface area contributed by atoms with Crippen molar-refractivity contribution in [3.8, 4) is 0 Å². The average Bonchev–Trinajstić information content (AvgIpc) is 2.81. The highest BCUT2D eigenvalue weighted by Gasteiger charge is 2.38. The maximum absolute atomic E-state index is 12.3. The van der Waals surface area contributed by atoms with Gasteiger partial charge in [-0.25, -0.2) is 4.79 Å². The van der Waals surface area contributed by atoms with Crippen molar-refractivity contribution in [2.45, 2.75) is 44.4 Å². The van der Waals surface area contributed by atoms with Crippen LogP contribution in [0.5, 0.6) is 0 Å². The van der Waals surface area contributed by atoms with Crippen LogP contribution in [-0.2, 0) is 11.2 Å². The molecule has 1 aliphatic heterocycles. The Morgan fingerprint density at radius 1 is 1.18 bits per heavy atom. The third-order valence-corrected chi connectivity index (χ3v) is 4.42. The minimum atomic E-state index is -0.351. The summed E-state index contributed by atoms with van der Waals surface area (Å²) in [6, 6.07) is 9.86. The van der Waals surface area contributed by atoms with E-state index in [1.165, 1.54) is 10.5 Å². The molecule has 120 valence electrons. The lowest BCUT2D eigenvalue weighted by Crippen LogP contribution is -2.39. The van der Waals surface area contributed by atoms with Gasteiger partial charge in [0.15, 0.2) is 0 Å². The van der Waals surface area contributed by atoms with Crippen LogP contribution in [0.2, 0.25) is 0 Å². The summed E-state index contributed by atoms with van der Waals surface area (Å²) in [5, 5.41) is -0.351. The number of hydrogen-bond acceptors (Lipinski definition) is 3. The summed E-state index contributed by atoms with van der Waals surface area (Å²) < 4.78 is 0. The Balaban J connectivity index is 1.87. The molecular formula is C17H24N2O2S. The van der Waals surface area contributed by atoms with E-state index in [0.717, 1.165) is 25.7 Å². The van der Waals surface area contributed by atoms with Crippen molar-refractivity contribution < 1.29 is 9.59 Å². The highest BCUT2D eigenvalue weighted by atomic mass is 32.1. The molecule has 3 amide bonds. The number of imide groups is 1. The first-order chi connectivity index (χ1) is 10.6. The van der Waals surface area contributed by atoms with E-state index in [-0.39, 0.29) is 23.9 Å². The van der Waals surface area contributed by atoms with Crippen molar-refractivity contribution in [3.63, 3.8) is 0 Å². The summed E-state index contributed by atoms with van der Waals surface area (Å²) in [5.74, 6) is -0.130. The number of nitrogens with zero attached hydrogens (tertiary/aromatic N) is 2. The highest BCUT2D eigenvalue weighted by Crippen LogP contribution is 2.20. The molecule has 0 spiro atoms. The van der Waals surface area contributed by atoms with Crippen LogP contribution in [0.4, 0.5) is 4.79 Å². The molecule has 1 heterocycles. The summed E-state index contributed by atoms with van der Waals surface area (Å²) in [7, 11) is 0. The molecule has 2 rings (SSSR count). The predicted octanol–water partition coefficient (Wildman–Crippen LogP) is 3.33. The van der Waals surface area contributed by atoms with Gasteiger partial charge in [0.25, 0.3) is 5.91 Å². The van der Waals surface area contributed by atoms with Crippen molar-refractivity contribution in [1.29, 1.82) is 0 Å². The van der Waals surface area contributed by atoms with Crippen molar-refractivity contribution in [1.82, 2.24) is 9.80 Å². The van der Waals surface area contributed by atoms with Gasteiger partial charge in [-0.15, -0.1) is 0 Å². The monoisotopic (exact) mass is 320 g/mol. The molecule has 0 N–H and O–H groups in total. The number of thiol groups is 1. The first-order valence-corrected chi connectivity index (χ1v) is 8.48. The number of rotatable bonds is 8. The summed E-state index contributed by atoms with van der Waals surface area (Å²) >= 11 is 4.48. The lowest BCUT2D eigenvalue weighted by atomic mass is 10.1. The Morgan fingerprint density at radius 3 is 2.59 bits per heavy atom. The summed E-state index contributed by atoms with van der Waals surface area (Å²) in [5.41, 5.74) is 1.19. The number of aryl methyl sites for hydroxylation is 1. The summed E-state index contributed by atoms with van der Waals surface area (Å²) in [6.45, 7) is 2.98. The van der Waals surface area contributed by atoms with Gasteiger partial charge >= 0.3 is 6.03 Å². The summed E-state index contributed by atoms with van der Waals surface area (Å²) in [4.78, 5) is 27.4. The number of carbonyl (C=O) groups is 2. The van der Waals surface area contributed by atoms with Gasteiger partial charge in [0.05, 0.1) is 5.37 Å². The quantitative estimate of drug-likeness (QED) is 0.453. The van der Waals surface area contributed by atoms with Gasteiger partial charge in [-0.1, -0.05) is 50.1 Å². The van der Waals surface area contributed by atoms with Crippen LogP contribution in [0, 0.1) is 0 Å². The minimum absolute atomic E-state index is 0.130. The standard InChI is InChI=1S/C17H24N2O2S/c1-2-3-7-12-18-13-15(20)19(17(18)21)16(22)11-10-14-8-5-4-6-9-14/h4-6,8-9,16,22H,2-3,7,10-13H2,1H3. The molecule has 1 atom stereocenters. The first-order valence-electron chi connectivity index (χ1n) is 7.96. The van der Waals surface area contributed by atoms with E-state index in [1.54, 1.807) is 4.90 Å². The van der Waals surface area contributed by atoms with E-state index >= 15 is 0 Å². The van der Waals surface area contributed by atoms with Gasteiger partial charge in [-0.3, -0.25) is 9.69 Å². The second-order valence-electron chi connectivity index (χ2n) is 5.68. The molecule has 5 heteroatoms. The van der Waals surface area contributed by atoms with Crippen molar-refractivity contribution in [2.75, 3.05) is 13.1 Å². The zero-order valence-corrected chi connectivity index (χ0v) is 14.0. The molecule has 0 saturated carbocycles. The van der Waals surface area contributed by atoms with Crippen LogP contribution in [0.1, 0.15) is 38.2 Å². The van der Waals surface area contributed by atoms with E-state index in [4.69, 9.17) is 0 Å². The molecule has 0 aromatic heterocycles. The van der Waals surface area contributed by atoms with Gasteiger partial charge in [-0.05, 0) is 24.8 Å². The normalized spacial score (nSPS) is 16.5. The lowest BCUT2D eigenvalue weighted by molar-refractivity contribution is -0.125. The van der Waals surface area contributed by atoms with Crippen LogP contribution in [0.3, 0.4) is 0 Å². The molecule has 1 fully saturated rings. The van der Waals surface area contributed by atoms with Gasteiger partial charge in [0.1, 0.15) is 6.54 Å². The molecular weight excluding hydrogens is 296 g/mol. The molecule has 1 aromatic carbocycles. The van der Waals surface area contributed by atoms with Crippen LogP contribution < -0.4 is 0 Å². The second-order valence-corrected chi connectivity index (χ2v) is 6.28. The smallest absolute Gasteiger partial charge is 0.315 e. The maximum atomic E-state index is 12.3. The molecule has 22 heavy (non-hydrogen) atoms. The largest absolute Gasteiger partial charge is 0.328 e. The zero-order chi connectivity index (χ0) is 15.9. The zero-order valence-electron chi connectivity index (χ0n) is 13.1. The Labute approximate surface area is 137 Å². The Morgan fingerprint density at radius 2 is 1.91 bits per heavy atom. The van der Waals surface area contributed by atoms with E-state index in [1.807, 2.05) is 30.3 Å². The summed E-state index contributed by atoms with van der Waals surface area (Å²) in [6.07, 6.45) is 4.61. The molecule has 1 aromatic rings. The van der Waals surface area contributed by atoms with E-state index < -0.39 is 0 Å². The maximum Gasteiger partial charge on any atom is 0.328 e. The molecule has 1 saturated heterocycles. The molecule has 0 aliphatic carbocycles. The molecule has 1 aliphatic rings. The van der Waals surface area contributed by atoms with Crippen molar-refractivity contribution in [3.05, 3.63) is 35.9 Å². The Hall–Kier alpha value is -1.49. The van der Waals surface area contributed by atoms with Crippen LogP contribution in [-0.4, -0.2) is 40.2 Å². The topological polar surface area (TPSA) is 40.6 Å². The second kappa shape index (κ2) is 8.22. The number of amides is 3. The van der Waals surface area contributed by atoms with Crippen molar-refractivity contribution >= 4 is 24.6 Å². The van der Waals surface area contributed by atoms with E-state index in [9.17, 15) is 9.59 Å². The number of urea groups is 1. The predicted molar refractivity (Wildman–Crippen MR) is 90.9 cm³/mol. The van der Waals surface area contributed by atoms with Gasteiger partial charge in [0, 0.05) is 6.54 Å². The molecule has 1 unspecified atom stereocenters. The molecule has 0 radical (unpaired) electrons. The average molecular weight is 320 g/mol. The third-order valence-electron chi connectivity index (χ3n) is 3.94. The number of unbranched alkanes of at least 4 members (excludes halogenated alkanes) is 2. The SMILES string of the molecule is CCCCCN1CC(=O)N(C(S)CCc2ccccc2)C1=O. The fraction of sp³-hybridized carbons (Fsp3) is 0.529. The van der Waals surface area contributed by atoms with Gasteiger partial charge in [0.2, 0.25) is 0 Å². The number of benzene rings is 1. The van der Waals surface area contributed by atoms with Crippen LogP contribution in [0.25, 0.3) is 0 Å². The Bertz CT molecular complexity index is 507. The highest BCUT2D eigenvalue weighted by molar-refractivity contribution is 7.80. The number of carbonyl (C=O) groups excluding carboxylic acids is 2. The van der Waals surface area contributed by atoms with Crippen molar-refractivity contribution in [2.24, 2.45) is 0 Å². The van der Waals surface area contributed by atoms with Gasteiger partial charge < -0.3 is 4.90 Å². The molecule has 4 nitrogen and oxygen atoms in total. The third kappa shape index (κ3) is 4.26. The number of hydrogen-bond donors (Lipinski definition) is 1. The molecule has 0 bridgehead atoms. The van der Waals surface area contributed by atoms with Gasteiger partial charge in [-0.2, -0.15) is 12.6 Å². The lowest BCUT2D eigenvalue weighted by Gasteiger charge is -2.22. The fourth-order valence-electron chi connectivity index (χ4n) is 2.66. The Kier molecular flexibility index (Phi) is 6.31. The van der Waals surface area contributed by atoms with Crippen LogP contribution in [0.15, 0.2) is 30.3 Å². The fourth-order valence-corrected chi connectivity index (χ4v) is 3.01. The van der Waals surface area contributed by atoms with Crippen LogP contribution >= 0.6 is 12.6 Å². The first kappa shape index (κ1) is 16.9. The van der Waals surface area contributed by atoms with E-state index in [0.29, 0.717) is 13.0 Å².